The van der Waals surface area contributed by atoms with Crippen LogP contribution in [0.5, 0.6) is 5.75 Å². The van der Waals surface area contributed by atoms with E-state index in [1.54, 1.807) is 0 Å². The number of carbonyl (C=O) groups excluding carboxylic acids is 1. The van der Waals surface area contributed by atoms with Gasteiger partial charge in [-0.15, -0.1) is 0 Å². The van der Waals surface area contributed by atoms with Crippen molar-refractivity contribution in [3.63, 3.8) is 0 Å². The van der Waals surface area contributed by atoms with Crippen molar-refractivity contribution in [3.05, 3.63) is 64.7 Å². The molecule has 2 aromatic carbocycles. The number of amides is 1. The van der Waals surface area contributed by atoms with Gasteiger partial charge in [0.25, 0.3) is 5.91 Å². The lowest BCUT2D eigenvalue weighted by atomic mass is 10.0. The van der Waals surface area contributed by atoms with Crippen LogP contribution >= 0.6 is 0 Å². The number of aryl methyl sites for hydroxylation is 1. The Balaban J connectivity index is 1.86. The van der Waals surface area contributed by atoms with Crippen molar-refractivity contribution in [2.75, 3.05) is 0 Å². The van der Waals surface area contributed by atoms with Gasteiger partial charge in [-0.1, -0.05) is 29.8 Å². The maximum absolute atomic E-state index is 13.8. The fourth-order valence-electron chi connectivity index (χ4n) is 2.67. The third kappa shape index (κ3) is 3.33. The number of aromatic hydroxyl groups is 1. The highest BCUT2D eigenvalue weighted by Crippen LogP contribution is 2.41. The molecule has 0 bridgehead atoms. The minimum atomic E-state index is -1.07. The summed E-state index contributed by atoms with van der Waals surface area (Å²) in [4.78, 5) is 12.3. The summed E-state index contributed by atoms with van der Waals surface area (Å²) in [6, 6.07) is 8.84. The zero-order chi connectivity index (χ0) is 16.6. The first-order chi connectivity index (χ1) is 11.0. The number of benzene rings is 2. The molecule has 120 valence electrons. The van der Waals surface area contributed by atoms with E-state index in [2.05, 4.69) is 5.32 Å². The summed E-state index contributed by atoms with van der Waals surface area (Å²) in [6.07, 6.45) is 1.97. The molecule has 5 heteroatoms. The van der Waals surface area contributed by atoms with Crippen molar-refractivity contribution in [2.45, 2.75) is 25.8 Å². The van der Waals surface area contributed by atoms with Crippen LogP contribution in [0.3, 0.4) is 0 Å². The van der Waals surface area contributed by atoms with E-state index in [1.807, 2.05) is 31.2 Å². The Hall–Kier alpha value is -2.43. The number of hydrogen-bond acceptors (Lipinski definition) is 2. The van der Waals surface area contributed by atoms with E-state index in [0.29, 0.717) is 12.0 Å². The van der Waals surface area contributed by atoms with Crippen molar-refractivity contribution in [1.82, 2.24) is 5.32 Å². The lowest BCUT2D eigenvalue weighted by Gasteiger charge is -2.19. The third-order valence-electron chi connectivity index (χ3n) is 4.08. The van der Waals surface area contributed by atoms with Gasteiger partial charge in [0.15, 0.2) is 0 Å². The van der Waals surface area contributed by atoms with Gasteiger partial charge in [0.2, 0.25) is 0 Å². The van der Waals surface area contributed by atoms with Crippen molar-refractivity contribution in [3.8, 4) is 5.75 Å². The molecular weight excluding hydrogens is 300 g/mol. The van der Waals surface area contributed by atoms with E-state index >= 15 is 0 Å². The summed E-state index contributed by atoms with van der Waals surface area (Å²) in [5.74, 6) is -3.13. The molecule has 0 aromatic heterocycles. The van der Waals surface area contributed by atoms with Crippen LogP contribution in [0.25, 0.3) is 0 Å². The molecule has 2 N–H and O–H groups in total. The van der Waals surface area contributed by atoms with Crippen molar-refractivity contribution in [1.29, 1.82) is 0 Å². The second kappa shape index (κ2) is 5.99. The second-order valence-corrected chi connectivity index (χ2v) is 5.98. The molecule has 3 rings (SSSR count). The number of phenols is 1. The van der Waals surface area contributed by atoms with Crippen LogP contribution in [0.15, 0.2) is 36.4 Å². The van der Waals surface area contributed by atoms with Gasteiger partial charge < -0.3 is 10.4 Å². The first kappa shape index (κ1) is 15.5. The molecule has 0 heterocycles. The predicted molar refractivity (Wildman–Crippen MR) is 82.1 cm³/mol. The van der Waals surface area contributed by atoms with E-state index in [4.69, 9.17) is 0 Å². The number of halogens is 2. The molecule has 1 atom stereocenters. The van der Waals surface area contributed by atoms with E-state index < -0.39 is 28.9 Å². The van der Waals surface area contributed by atoms with Gasteiger partial charge in [-0.3, -0.25) is 4.79 Å². The van der Waals surface area contributed by atoms with Gasteiger partial charge >= 0.3 is 0 Å². The molecule has 1 aliphatic rings. The normalized spacial score (nSPS) is 15.3. The predicted octanol–water partition coefficient (Wildman–Crippen LogP) is 3.86. The van der Waals surface area contributed by atoms with E-state index in [-0.39, 0.29) is 6.04 Å². The Kier molecular flexibility index (Phi) is 4.03. The third-order valence-corrected chi connectivity index (χ3v) is 4.08. The van der Waals surface area contributed by atoms with Gasteiger partial charge in [0.05, 0.1) is 6.04 Å². The average Bonchev–Trinajstić information content (AvgIpc) is 3.29. The van der Waals surface area contributed by atoms with E-state index in [1.165, 1.54) is 0 Å². The average molecular weight is 317 g/mol. The van der Waals surface area contributed by atoms with E-state index in [0.717, 1.165) is 30.0 Å². The molecule has 0 saturated heterocycles. The number of nitrogens with one attached hydrogen (secondary N) is 1. The van der Waals surface area contributed by atoms with Crippen LogP contribution in [-0.4, -0.2) is 11.0 Å². The summed E-state index contributed by atoms with van der Waals surface area (Å²) in [6.45, 7) is 1.97. The first-order valence-corrected chi connectivity index (χ1v) is 7.51. The molecule has 0 aliphatic heterocycles. The maximum atomic E-state index is 13.8. The highest BCUT2D eigenvalue weighted by molar-refractivity contribution is 5.97. The fraction of sp³-hybridized carbons (Fsp3) is 0.278. The first-order valence-electron chi connectivity index (χ1n) is 7.51. The summed E-state index contributed by atoms with van der Waals surface area (Å²) < 4.78 is 26.9. The second-order valence-electron chi connectivity index (χ2n) is 5.98. The molecule has 0 radical (unpaired) electrons. The van der Waals surface area contributed by atoms with Crippen LogP contribution in [0.2, 0.25) is 0 Å². The lowest BCUT2D eigenvalue weighted by Crippen LogP contribution is -2.30. The Labute approximate surface area is 133 Å². The molecule has 23 heavy (non-hydrogen) atoms. The van der Waals surface area contributed by atoms with Crippen LogP contribution in [0.1, 0.15) is 40.4 Å². The minimum absolute atomic E-state index is 0.244. The topological polar surface area (TPSA) is 49.3 Å². The van der Waals surface area contributed by atoms with Crippen LogP contribution in [0, 0.1) is 24.5 Å². The summed E-state index contributed by atoms with van der Waals surface area (Å²) in [5, 5.41) is 12.4. The van der Waals surface area contributed by atoms with E-state index in [9.17, 15) is 18.7 Å². The van der Waals surface area contributed by atoms with Crippen molar-refractivity contribution >= 4 is 5.91 Å². The Morgan fingerprint density at radius 1 is 1.22 bits per heavy atom. The highest BCUT2D eigenvalue weighted by Gasteiger charge is 2.34. The van der Waals surface area contributed by atoms with Crippen molar-refractivity contribution < 1.29 is 18.7 Å². The number of hydrogen-bond donors (Lipinski definition) is 2. The zero-order valence-corrected chi connectivity index (χ0v) is 12.6. The molecule has 3 nitrogen and oxygen atoms in total. The Bertz CT molecular complexity index is 716. The number of phenolic OH excluding ortho intramolecular Hbond substituents is 1. The fourth-order valence-corrected chi connectivity index (χ4v) is 2.67. The maximum Gasteiger partial charge on any atom is 0.258 e. The van der Waals surface area contributed by atoms with Crippen LogP contribution < -0.4 is 5.32 Å². The Morgan fingerprint density at radius 2 is 1.87 bits per heavy atom. The molecule has 1 aliphatic carbocycles. The number of carbonyl (C=O) groups is 1. The SMILES string of the molecule is Cc1ccc([C@@H](NC(=O)c2c(O)cc(F)cc2F)C2CC2)cc1. The lowest BCUT2D eigenvalue weighted by molar-refractivity contribution is 0.0924. The summed E-state index contributed by atoms with van der Waals surface area (Å²) in [7, 11) is 0. The number of rotatable bonds is 4. The van der Waals surface area contributed by atoms with Crippen LogP contribution in [-0.2, 0) is 0 Å². The standard InChI is InChI=1S/C18H17F2NO2/c1-10-2-4-11(5-3-10)17(12-6-7-12)21-18(23)16-14(20)8-13(19)9-15(16)22/h2-5,8-9,12,17,22H,6-7H2,1H3,(H,21,23)/t17-/m1/s1. The van der Waals surface area contributed by atoms with Gasteiger partial charge in [-0.05, 0) is 31.2 Å². The molecule has 1 saturated carbocycles. The van der Waals surface area contributed by atoms with Crippen molar-refractivity contribution in [2.24, 2.45) is 5.92 Å². The van der Waals surface area contributed by atoms with Gasteiger partial charge in [0.1, 0.15) is 22.9 Å². The highest BCUT2D eigenvalue weighted by atomic mass is 19.1. The molecule has 0 spiro atoms. The molecule has 2 aromatic rings. The summed E-state index contributed by atoms with van der Waals surface area (Å²) >= 11 is 0. The molecular formula is C18H17F2NO2. The Morgan fingerprint density at radius 3 is 2.43 bits per heavy atom. The smallest absolute Gasteiger partial charge is 0.258 e. The van der Waals surface area contributed by atoms with Gasteiger partial charge in [-0.25, -0.2) is 8.78 Å². The van der Waals surface area contributed by atoms with Gasteiger partial charge in [0, 0.05) is 12.1 Å². The molecule has 0 unspecified atom stereocenters. The van der Waals surface area contributed by atoms with Crippen LogP contribution in [0.4, 0.5) is 8.78 Å². The minimum Gasteiger partial charge on any atom is -0.507 e. The molecule has 1 amide bonds. The zero-order valence-electron chi connectivity index (χ0n) is 12.6. The molecule has 1 fully saturated rings. The largest absolute Gasteiger partial charge is 0.507 e. The van der Waals surface area contributed by atoms with Gasteiger partial charge in [-0.2, -0.15) is 0 Å². The summed E-state index contributed by atoms with van der Waals surface area (Å²) in [5.41, 5.74) is 1.52. The monoisotopic (exact) mass is 317 g/mol. The quantitative estimate of drug-likeness (QED) is 0.899.